The average molecular weight is 229 g/mol. The lowest BCUT2D eigenvalue weighted by Crippen LogP contribution is -2.34. The van der Waals surface area contributed by atoms with Gasteiger partial charge in [-0.3, -0.25) is 0 Å². The van der Waals surface area contributed by atoms with Crippen LogP contribution in [0.3, 0.4) is 0 Å². The Morgan fingerprint density at radius 1 is 1.40 bits per heavy atom. The lowest BCUT2D eigenvalue weighted by molar-refractivity contribution is -0.145. The fraction of sp³-hybridized carbons (Fsp3) is 1.00. The lowest BCUT2D eigenvalue weighted by atomic mass is 10.2. The second-order valence-electron chi connectivity index (χ2n) is 3.21. The molecule has 0 aromatic heterocycles. The highest BCUT2D eigenvalue weighted by atomic mass is 19.4. The van der Waals surface area contributed by atoms with Gasteiger partial charge in [0.1, 0.15) is 0 Å². The van der Waals surface area contributed by atoms with Crippen LogP contribution >= 0.6 is 0 Å². The number of likely N-dealkylation sites (N-methyl/N-ethyl adjacent to an activating group) is 1. The van der Waals surface area contributed by atoms with Gasteiger partial charge >= 0.3 is 6.18 Å². The van der Waals surface area contributed by atoms with Crippen LogP contribution in [0.5, 0.6) is 0 Å². The molecule has 2 N–H and O–H groups in total. The topological polar surface area (TPSA) is 41.5 Å². The zero-order valence-electron chi connectivity index (χ0n) is 8.81. The minimum Gasteiger partial charge on any atom is -0.396 e. The van der Waals surface area contributed by atoms with Crippen LogP contribution in [0, 0.1) is 0 Å². The van der Waals surface area contributed by atoms with Crippen molar-refractivity contribution in [3.8, 4) is 0 Å². The Morgan fingerprint density at radius 2 is 2.07 bits per heavy atom. The maximum absolute atomic E-state index is 11.7. The molecule has 0 rings (SSSR count). The van der Waals surface area contributed by atoms with E-state index in [1.165, 1.54) is 0 Å². The Kier molecular flexibility index (Phi) is 7.72. The molecular weight excluding hydrogens is 211 g/mol. The van der Waals surface area contributed by atoms with Crippen LogP contribution < -0.4 is 5.32 Å². The van der Waals surface area contributed by atoms with Crippen molar-refractivity contribution >= 4 is 0 Å². The molecule has 0 radical (unpaired) electrons. The van der Waals surface area contributed by atoms with E-state index < -0.39 is 12.6 Å². The minimum absolute atomic E-state index is 0.000295. The van der Waals surface area contributed by atoms with E-state index in [0.29, 0.717) is 13.0 Å². The van der Waals surface area contributed by atoms with Gasteiger partial charge in [0.25, 0.3) is 0 Å². The van der Waals surface area contributed by atoms with Crippen LogP contribution in [0.25, 0.3) is 0 Å². The van der Waals surface area contributed by atoms with Gasteiger partial charge in [0.2, 0.25) is 0 Å². The zero-order chi connectivity index (χ0) is 11.7. The Labute approximate surface area is 87.6 Å². The Morgan fingerprint density at radius 3 is 2.53 bits per heavy atom. The second kappa shape index (κ2) is 7.90. The molecule has 0 aliphatic carbocycles. The van der Waals surface area contributed by atoms with Crippen molar-refractivity contribution in [1.29, 1.82) is 0 Å². The molecule has 3 nitrogen and oxygen atoms in total. The van der Waals surface area contributed by atoms with Crippen molar-refractivity contribution in [2.75, 3.05) is 26.4 Å². The quantitative estimate of drug-likeness (QED) is 0.617. The molecule has 0 bridgehead atoms. The van der Waals surface area contributed by atoms with Gasteiger partial charge in [0.15, 0.2) is 0 Å². The molecule has 0 saturated carbocycles. The monoisotopic (exact) mass is 229 g/mol. The van der Waals surface area contributed by atoms with Crippen molar-refractivity contribution < 1.29 is 23.0 Å². The van der Waals surface area contributed by atoms with E-state index in [2.05, 4.69) is 5.32 Å². The fourth-order valence-electron chi connectivity index (χ4n) is 1.10. The van der Waals surface area contributed by atoms with E-state index in [-0.39, 0.29) is 25.9 Å². The number of aliphatic hydroxyl groups excluding tert-OH is 1. The smallest absolute Gasteiger partial charge is 0.391 e. The summed E-state index contributed by atoms with van der Waals surface area (Å²) >= 11 is 0. The number of halogens is 3. The predicted octanol–water partition coefficient (Wildman–Crippen LogP) is 1.32. The van der Waals surface area contributed by atoms with Crippen LogP contribution in [0.4, 0.5) is 13.2 Å². The molecule has 0 aromatic carbocycles. The molecule has 92 valence electrons. The van der Waals surface area contributed by atoms with Crippen molar-refractivity contribution in [2.45, 2.75) is 32.0 Å². The maximum atomic E-state index is 11.7. The summed E-state index contributed by atoms with van der Waals surface area (Å²) in [5, 5.41) is 11.7. The first-order valence-corrected chi connectivity index (χ1v) is 4.98. The molecule has 0 aromatic rings. The third-order valence-electron chi connectivity index (χ3n) is 1.82. The van der Waals surface area contributed by atoms with Gasteiger partial charge in [-0.2, -0.15) is 13.2 Å². The molecule has 0 aliphatic rings. The molecular formula is C9H18F3NO2. The van der Waals surface area contributed by atoms with Crippen LogP contribution in [0.15, 0.2) is 0 Å². The summed E-state index contributed by atoms with van der Waals surface area (Å²) in [6.07, 6.45) is -4.60. The lowest BCUT2D eigenvalue weighted by Gasteiger charge is -2.17. The first-order valence-electron chi connectivity index (χ1n) is 4.98. The SMILES string of the molecule is CCNC(CCO)COCCC(F)(F)F. The molecule has 1 atom stereocenters. The Hall–Kier alpha value is -0.330. The third kappa shape index (κ3) is 9.96. The van der Waals surface area contributed by atoms with Crippen LogP contribution in [-0.2, 0) is 4.74 Å². The van der Waals surface area contributed by atoms with Crippen LogP contribution in [0.1, 0.15) is 19.8 Å². The van der Waals surface area contributed by atoms with E-state index in [1.54, 1.807) is 0 Å². The standard InChI is InChI=1S/C9H18F3NO2/c1-2-13-8(3-5-14)7-15-6-4-9(10,11)12/h8,13-14H,2-7H2,1H3. The van der Waals surface area contributed by atoms with Gasteiger partial charge in [0.05, 0.1) is 19.6 Å². The fourth-order valence-corrected chi connectivity index (χ4v) is 1.10. The molecule has 6 heteroatoms. The number of hydrogen-bond donors (Lipinski definition) is 2. The van der Waals surface area contributed by atoms with E-state index in [0.717, 1.165) is 0 Å². The third-order valence-corrected chi connectivity index (χ3v) is 1.82. The molecule has 0 spiro atoms. The summed E-state index contributed by atoms with van der Waals surface area (Å²) in [7, 11) is 0. The highest BCUT2D eigenvalue weighted by molar-refractivity contribution is 4.64. The molecule has 0 fully saturated rings. The Bertz CT molecular complexity index is 147. The van der Waals surface area contributed by atoms with Crippen molar-refractivity contribution in [2.24, 2.45) is 0 Å². The van der Waals surface area contributed by atoms with Crippen LogP contribution in [0.2, 0.25) is 0 Å². The normalized spacial score (nSPS) is 14.2. The van der Waals surface area contributed by atoms with E-state index in [9.17, 15) is 13.2 Å². The molecule has 0 amide bonds. The number of ether oxygens (including phenoxy) is 1. The predicted molar refractivity (Wildman–Crippen MR) is 50.7 cm³/mol. The summed E-state index contributed by atoms with van der Waals surface area (Å²) in [5.74, 6) is 0. The summed E-state index contributed by atoms with van der Waals surface area (Å²) < 4.78 is 40.1. The molecule has 0 aliphatic heterocycles. The van der Waals surface area contributed by atoms with Gasteiger partial charge in [-0.1, -0.05) is 6.92 Å². The average Bonchev–Trinajstić information content (AvgIpc) is 2.11. The maximum Gasteiger partial charge on any atom is 0.391 e. The van der Waals surface area contributed by atoms with Crippen LogP contribution in [-0.4, -0.2) is 43.7 Å². The van der Waals surface area contributed by atoms with E-state index in [4.69, 9.17) is 9.84 Å². The van der Waals surface area contributed by atoms with Gasteiger partial charge < -0.3 is 15.2 Å². The van der Waals surface area contributed by atoms with Crippen molar-refractivity contribution in [3.63, 3.8) is 0 Å². The number of nitrogens with one attached hydrogen (secondary N) is 1. The van der Waals surface area contributed by atoms with Crippen molar-refractivity contribution in [3.05, 3.63) is 0 Å². The summed E-state index contributed by atoms with van der Waals surface area (Å²) in [5.41, 5.74) is 0. The first kappa shape index (κ1) is 14.7. The second-order valence-corrected chi connectivity index (χ2v) is 3.21. The zero-order valence-corrected chi connectivity index (χ0v) is 8.81. The molecule has 1 unspecified atom stereocenters. The van der Waals surface area contributed by atoms with Gasteiger partial charge in [-0.25, -0.2) is 0 Å². The largest absolute Gasteiger partial charge is 0.396 e. The van der Waals surface area contributed by atoms with E-state index >= 15 is 0 Å². The molecule has 0 saturated heterocycles. The number of alkyl halides is 3. The van der Waals surface area contributed by atoms with Gasteiger partial charge in [-0.15, -0.1) is 0 Å². The number of rotatable bonds is 8. The van der Waals surface area contributed by atoms with Gasteiger partial charge in [-0.05, 0) is 13.0 Å². The van der Waals surface area contributed by atoms with Gasteiger partial charge in [0, 0.05) is 12.6 Å². The number of hydrogen-bond acceptors (Lipinski definition) is 3. The highest BCUT2D eigenvalue weighted by Crippen LogP contribution is 2.18. The van der Waals surface area contributed by atoms with E-state index in [1.807, 2.05) is 6.92 Å². The minimum atomic E-state index is -4.16. The Balaban J connectivity index is 3.52. The summed E-state index contributed by atoms with van der Waals surface area (Å²) in [6, 6.07) is -0.0757. The number of aliphatic hydroxyl groups is 1. The molecule has 15 heavy (non-hydrogen) atoms. The molecule has 0 heterocycles. The highest BCUT2D eigenvalue weighted by Gasteiger charge is 2.26. The summed E-state index contributed by atoms with van der Waals surface area (Å²) in [4.78, 5) is 0. The first-order chi connectivity index (χ1) is 6.99. The van der Waals surface area contributed by atoms with Crippen molar-refractivity contribution in [1.82, 2.24) is 5.32 Å². The summed E-state index contributed by atoms with van der Waals surface area (Å²) in [6.45, 7) is 2.47.